The smallest absolute Gasteiger partial charge is 0.0598 e. The van der Waals surface area contributed by atoms with E-state index >= 15 is 0 Å². The van der Waals surface area contributed by atoms with E-state index in [1.165, 1.54) is 12.8 Å². The van der Waals surface area contributed by atoms with Gasteiger partial charge in [0.15, 0.2) is 0 Å². The highest BCUT2D eigenvalue weighted by atomic mass is 35.5. The molecule has 0 spiro atoms. The van der Waals surface area contributed by atoms with Crippen LogP contribution in [-0.4, -0.2) is 24.5 Å². The van der Waals surface area contributed by atoms with Crippen LogP contribution in [0.25, 0.3) is 0 Å². The molecule has 0 amide bonds. The molecule has 0 atom stereocenters. The van der Waals surface area contributed by atoms with Crippen LogP contribution in [0.3, 0.4) is 0 Å². The van der Waals surface area contributed by atoms with Gasteiger partial charge in [0.2, 0.25) is 0 Å². The maximum atomic E-state index is 5.10. The van der Waals surface area contributed by atoms with Gasteiger partial charge in [0.25, 0.3) is 0 Å². The minimum absolute atomic E-state index is 0. The summed E-state index contributed by atoms with van der Waals surface area (Å²) in [4.78, 5) is 2.22. The lowest BCUT2D eigenvalue weighted by atomic mass is 10.5. The summed E-state index contributed by atoms with van der Waals surface area (Å²) in [7, 11) is 2.08. The molecule has 9 heavy (non-hydrogen) atoms. The highest BCUT2D eigenvalue weighted by Crippen LogP contribution is 2.24. The summed E-state index contributed by atoms with van der Waals surface area (Å²) in [5, 5.41) is 0. The predicted octanol–water partition coefficient (Wildman–Crippen LogP) is 1.14. The first-order chi connectivity index (χ1) is 3.84. The van der Waals surface area contributed by atoms with Gasteiger partial charge in [-0.15, -0.1) is 18.8 Å². The molecule has 1 aliphatic carbocycles. The quantitative estimate of drug-likeness (QED) is 0.527. The van der Waals surface area contributed by atoms with Crippen molar-refractivity contribution in [3.8, 4) is 12.3 Å². The van der Waals surface area contributed by atoms with Crippen LogP contribution in [-0.2, 0) is 0 Å². The summed E-state index contributed by atoms with van der Waals surface area (Å²) in [6, 6.07) is 0.811. The predicted molar refractivity (Wildman–Crippen MR) is 41.7 cm³/mol. The molecule has 0 aromatic carbocycles. The summed E-state index contributed by atoms with van der Waals surface area (Å²) >= 11 is 0. The molecule has 0 bridgehead atoms. The van der Waals surface area contributed by atoms with Crippen LogP contribution in [0.5, 0.6) is 0 Å². The largest absolute Gasteiger partial charge is 0.292 e. The van der Waals surface area contributed by atoms with E-state index in [9.17, 15) is 0 Å². The van der Waals surface area contributed by atoms with E-state index in [2.05, 4.69) is 17.9 Å². The van der Waals surface area contributed by atoms with Crippen LogP contribution >= 0.6 is 12.4 Å². The van der Waals surface area contributed by atoms with Gasteiger partial charge in [-0.3, -0.25) is 4.90 Å². The van der Waals surface area contributed by atoms with Crippen molar-refractivity contribution >= 4 is 12.4 Å². The van der Waals surface area contributed by atoms with Crippen LogP contribution in [0.4, 0.5) is 0 Å². The molecule has 0 N–H and O–H groups in total. The molecule has 1 rings (SSSR count). The lowest BCUT2D eigenvalue weighted by Gasteiger charge is -2.09. The van der Waals surface area contributed by atoms with Crippen molar-refractivity contribution in [2.75, 3.05) is 13.6 Å². The van der Waals surface area contributed by atoms with Crippen molar-refractivity contribution in [1.82, 2.24) is 4.90 Å². The number of halogens is 1. The summed E-state index contributed by atoms with van der Waals surface area (Å²) in [6.45, 7) is 0.810. The molecule has 2 heteroatoms. The third kappa shape index (κ3) is 2.74. The Morgan fingerprint density at radius 1 is 1.67 bits per heavy atom. The Bertz CT molecular complexity index is 113. The van der Waals surface area contributed by atoms with Gasteiger partial charge in [-0.1, -0.05) is 5.92 Å². The third-order valence-corrected chi connectivity index (χ3v) is 1.51. The van der Waals surface area contributed by atoms with E-state index in [0.29, 0.717) is 0 Å². The highest BCUT2D eigenvalue weighted by molar-refractivity contribution is 5.85. The molecular weight excluding hydrogens is 134 g/mol. The van der Waals surface area contributed by atoms with Gasteiger partial charge < -0.3 is 0 Å². The zero-order chi connectivity index (χ0) is 5.98. The van der Waals surface area contributed by atoms with Crippen molar-refractivity contribution in [3.05, 3.63) is 0 Å². The fourth-order valence-electron chi connectivity index (χ4n) is 0.788. The van der Waals surface area contributed by atoms with Crippen LogP contribution < -0.4 is 0 Å². The Labute approximate surface area is 62.8 Å². The molecule has 0 unspecified atom stereocenters. The second-order valence-corrected chi connectivity index (χ2v) is 2.35. The third-order valence-electron chi connectivity index (χ3n) is 1.51. The zero-order valence-corrected chi connectivity index (χ0v) is 6.45. The van der Waals surface area contributed by atoms with Gasteiger partial charge in [-0.2, -0.15) is 0 Å². The van der Waals surface area contributed by atoms with Crippen LogP contribution in [0, 0.1) is 12.3 Å². The van der Waals surface area contributed by atoms with Gasteiger partial charge in [-0.05, 0) is 19.9 Å². The normalized spacial score (nSPS) is 16.6. The summed E-state index contributed by atoms with van der Waals surface area (Å²) in [5.74, 6) is 2.61. The molecule has 1 fully saturated rings. The molecule has 0 aromatic heterocycles. The van der Waals surface area contributed by atoms with E-state index in [4.69, 9.17) is 6.42 Å². The van der Waals surface area contributed by atoms with Crippen molar-refractivity contribution in [1.29, 1.82) is 0 Å². The Morgan fingerprint density at radius 3 is 2.56 bits per heavy atom. The molecule has 1 nitrogen and oxygen atoms in total. The monoisotopic (exact) mass is 145 g/mol. The number of hydrogen-bond donors (Lipinski definition) is 0. The lowest BCUT2D eigenvalue weighted by molar-refractivity contribution is 0.366. The molecule has 1 aliphatic rings. The van der Waals surface area contributed by atoms with Gasteiger partial charge in [-0.25, -0.2) is 0 Å². The molecule has 52 valence electrons. The maximum Gasteiger partial charge on any atom is 0.0598 e. The minimum atomic E-state index is 0. The fourth-order valence-corrected chi connectivity index (χ4v) is 0.788. The van der Waals surface area contributed by atoms with Crippen molar-refractivity contribution in [3.63, 3.8) is 0 Å². The molecule has 0 heterocycles. The van der Waals surface area contributed by atoms with Crippen molar-refractivity contribution in [2.45, 2.75) is 18.9 Å². The van der Waals surface area contributed by atoms with E-state index in [-0.39, 0.29) is 12.4 Å². The van der Waals surface area contributed by atoms with Crippen LogP contribution in [0.1, 0.15) is 12.8 Å². The molecule has 1 saturated carbocycles. The Balaban J connectivity index is 0.000000640. The number of hydrogen-bond acceptors (Lipinski definition) is 1. The average Bonchev–Trinajstić information content (AvgIpc) is 2.45. The zero-order valence-electron chi connectivity index (χ0n) is 5.63. The number of rotatable bonds is 2. The highest BCUT2D eigenvalue weighted by Gasteiger charge is 2.24. The number of terminal acetylenes is 1. The summed E-state index contributed by atoms with van der Waals surface area (Å²) in [6.07, 6.45) is 7.79. The molecular formula is C7H12ClN. The first-order valence-electron chi connectivity index (χ1n) is 2.98. The van der Waals surface area contributed by atoms with Gasteiger partial charge >= 0.3 is 0 Å². The van der Waals surface area contributed by atoms with Crippen LogP contribution in [0.15, 0.2) is 0 Å². The summed E-state index contributed by atoms with van der Waals surface area (Å²) < 4.78 is 0. The van der Waals surface area contributed by atoms with E-state index in [0.717, 1.165) is 12.6 Å². The van der Waals surface area contributed by atoms with Gasteiger partial charge in [0.1, 0.15) is 0 Å². The first kappa shape index (κ1) is 8.81. The second kappa shape index (κ2) is 3.76. The van der Waals surface area contributed by atoms with Crippen molar-refractivity contribution in [2.24, 2.45) is 0 Å². The standard InChI is InChI=1S/C7H11N.ClH/c1-3-6-8(2)7-4-5-7;/h1,7H,4-6H2,2H3;1H. The Morgan fingerprint density at radius 2 is 2.22 bits per heavy atom. The Kier molecular flexibility index (Phi) is 3.68. The number of nitrogens with zero attached hydrogens (tertiary/aromatic N) is 1. The Hall–Kier alpha value is -0.190. The first-order valence-corrected chi connectivity index (χ1v) is 2.98. The maximum absolute atomic E-state index is 5.10. The summed E-state index contributed by atoms with van der Waals surface area (Å²) in [5.41, 5.74) is 0. The minimum Gasteiger partial charge on any atom is -0.292 e. The van der Waals surface area contributed by atoms with E-state index in [1.807, 2.05) is 0 Å². The topological polar surface area (TPSA) is 3.24 Å². The molecule has 0 saturated heterocycles. The van der Waals surface area contributed by atoms with Gasteiger partial charge in [0.05, 0.1) is 6.54 Å². The van der Waals surface area contributed by atoms with Crippen LogP contribution in [0.2, 0.25) is 0 Å². The van der Waals surface area contributed by atoms with E-state index in [1.54, 1.807) is 0 Å². The van der Waals surface area contributed by atoms with Gasteiger partial charge in [0, 0.05) is 6.04 Å². The molecule has 0 aromatic rings. The molecule has 0 radical (unpaired) electrons. The lowest BCUT2D eigenvalue weighted by Crippen LogP contribution is -2.20. The fraction of sp³-hybridized carbons (Fsp3) is 0.714. The van der Waals surface area contributed by atoms with E-state index < -0.39 is 0 Å². The molecule has 0 aliphatic heterocycles. The SMILES string of the molecule is C#CCN(C)C1CC1.Cl. The van der Waals surface area contributed by atoms with Crippen molar-refractivity contribution < 1.29 is 0 Å². The second-order valence-electron chi connectivity index (χ2n) is 2.35. The average molecular weight is 146 g/mol.